The van der Waals surface area contributed by atoms with Gasteiger partial charge in [-0.25, -0.2) is 4.98 Å². The third-order valence-electron chi connectivity index (χ3n) is 2.51. The van der Waals surface area contributed by atoms with Gasteiger partial charge in [-0.1, -0.05) is 0 Å². The van der Waals surface area contributed by atoms with Crippen LogP contribution in [0.15, 0.2) is 30.7 Å². The smallest absolute Gasteiger partial charge is 0.329 e. The average Bonchev–Trinajstić information content (AvgIpc) is 2.46. The van der Waals surface area contributed by atoms with Crippen molar-refractivity contribution < 1.29 is 4.92 Å². The predicted molar refractivity (Wildman–Crippen MR) is 74.4 cm³/mol. The van der Waals surface area contributed by atoms with Crippen molar-refractivity contribution in [1.82, 2.24) is 15.0 Å². The molecule has 0 saturated heterocycles. The number of hydrogen-bond donors (Lipinski definition) is 2. The van der Waals surface area contributed by atoms with Crippen LogP contribution in [0.4, 0.5) is 17.5 Å². The third kappa shape index (κ3) is 3.37. The zero-order chi connectivity index (χ0) is 14.4. The summed E-state index contributed by atoms with van der Waals surface area (Å²) in [6.45, 7) is 2.96. The highest BCUT2D eigenvalue weighted by molar-refractivity contribution is 5.57. The first-order valence-corrected chi connectivity index (χ1v) is 6.08. The number of pyridine rings is 1. The first-order valence-electron chi connectivity index (χ1n) is 6.08. The van der Waals surface area contributed by atoms with Crippen molar-refractivity contribution in [2.45, 2.75) is 13.5 Å². The second kappa shape index (κ2) is 6.41. The van der Waals surface area contributed by atoms with Crippen LogP contribution < -0.4 is 10.6 Å². The second-order valence-corrected chi connectivity index (χ2v) is 3.92. The fourth-order valence-corrected chi connectivity index (χ4v) is 1.57. The molecular formula is C12H14N6O2. The molecule has 2 aromatic rings. The van der Waals surface area contributed by atoms with E-state index in [0.29, 0.717) is 19.0 Å². The number of nitrogens with one attached hydrogen (secondary N) is 2. The van der Waals surface area contributed by atoms with Gasteiger partial charge in [0.2, 0.25) is 11.8 Å². The topological polar surface area (TPSA) is 106 Å². The first-order chi connectivity index (χ1) is 9.70. The van der Waals surface area contributed by atoms with Gasteiger partial charge in [0.15, 0.2) is 0 Å². The monoisotopic (exact) mass is 274 g/mol. The number of rotatable bonds is 6. The van der Waals surface area contributed by atoms with Gasteiger partial charge in [-0.2, -0.15) is 4.98 Å². The zero-order valence-corrected chi connectivity index (χ0v) is 10.9. The SMILES string of the molecule is CCNc1ncc([N+](=O)[O-])c(NCc2ccncc2)n1. The van der Waals surface area contributed by atoms with Gasteiger partial charge in [0.25, 0.3) is 0 Å². The van der Waals surface area contributed by atoms with Gasteiger partial charge in [0.1, 0.15) is 6.20 Å². The minimum atomic E-state index is -0.509. The van der Waals surface area contributed by atoms with E-state index in [1.165, 1.54) is 6.20 Å². The minimum absolute atomic E-state index is 0.152. The Morgan fingerprint density at radius 1 is 1.30 bits per heavy atom. The van der Waals surface area contributed by atoms with E-state index in [1.807, 2.05) is 19.1 Å². The molecule has 0 unspecified atom stereocenters. The molecule has 2 rings (SSSR count). The molecule has 0 fully saturated rings. The van der Waals surface area contributed by atoms with Crippen LogP contribution in [0.5, 0.6) is 0 Å². The van der Waals surface area contributed by atoms with Crippen LogP contribution in [-0.2, 0) is 6.54 Å². The van der Waals surface area contributed by atoms with E-state index >= 15 is 0 Å². The fraction of sp³-hybridized carbons (Fsp3) is 0.250. The van der Waals surface area contributed by atoms with Crippen molar-refractivity contribution in [1.29, 1.82) is 0 Å². The molecule has 0 aliphatic rings. The van der Waals surface area contributed by atoms with E-state index in [1.54, 1.807) is 12.4 Å². The summed E-state index contributed by atoms with van der Waals surface area (Å²) < 4.78 is 0. The molecule has 8 heteroatoms. The van der Waals surface area contributed by atoms with Crippen molar-refractivity contribution in [2.75, 3.05) is 17.2 Å². The van der Waals surface area contributed by atoms with E-state index in [-0.39, 0.29) is 11.5 Å². The molecule has 0 radical (unpaired) electrons. The van der Waals surface area contributed by atoms with Crippen LogP contribution in [0.3, 0.4) is 0 Å². The van der Waals surface area contributed by atoms with Crippen LogP contribution in [-0.4, -0.2) is 26.4 Å². The summed E-state index contributed by atoms with van der Waals surface area (Å²) in [6.07, 6.45) is 4.52. The van der Waals surface area contributed by atoms with Crippen molar-refractivity contribution in [2.24, 2.45) is 0 Å². The van der Waals surface area contributed by atoms with Crippen molar-refractivity contribution in [3.8, 4) is 0 Å². The lowest BCUT2D eigenvalue weighted by Gasteiger charge is -2.08. The Morgan fingerprint density at radius 2 is 2.05 bits per heavy atom. The Labute approximate surface area is 115 Å². The summed E-state index contributed by atoms with van der Waals surface area (Å²) in [5.74, 6) is 0.549. The Bertz CT molecular complexity index is 590. The zero-order valence-electron chi connectivity index (χ0n) is 10.9. The molecule has 0 bridgehead atoms. The van der Waals surface area contributed by atoms with Crippen LogP contribution in [0.2, 0.25) is 0 Å². The molecule has 20 heavy (non-hydrogen) atoms. The predicted octanol–water partition coefficient (Wildman–Crippen LogP) is 1.82. The second-order valence-electron chi connectivity index (χ2n) is 3.92. The largest absolute Gasteiger partial charge is 0.360 e. The summed E-state index contributed by atoms with van der Waals surface area (Å²) in [5.41, 5.74) is 0.804. The summed E-state index contributed by atoms with van der Waals surface area (Å²) >= 11 is 0. The average molecular weight is 274 g/mol. The molecule has 0 amide bonds. The van der Waals surface area contributed by atoms with E-state index in [4.69, 9.17) is 0 Å². The first kappa shape index (κ1) is 13.7. The van der Waals surface area contributed by atoms with Gasteiger partial charge < -0.3 is 10.6 Å². The number of anilines is 2. The number of aromatic nitrogens is 3. The third-order valence-corrected chi connectivity index (χ3v) is 2.51. The maximum Gasteiger partial charge on any atom is 0.329 e. The molecule has 0 aliphatic heterocycles. The number of hydrogen-bond acceptors (Lipinski definition) is 7. The molecule has 0 spiro atoms. The molecule has 2 heterocycles. The number of nitrogens with zero attached hydrogens (tertiary/aromatic N) is 4. The van der Waals surface area contributed by atoms with Crippen molar-refractivity contribution >= 4 is 17.5 Å². The molecule has 0 atom stereocenters. The summed E-state index contributed by atoms with van der Waals surface area (Å²) in [6, 6.07) is 3.65. The molecule has 104 valence electrons. The van der Waals surface area contributed by atoms with E-state index in [9.17, 15) is 10.1 Å². The summed E-state index contributed by atoms with van der Waals surface area (Å²) in [4.78, 5) is 22.4. The van der Waals surface area contributed by atoms with Crippen molar-refractivity contribution in [3.05, 3.63) is 46.4 Å². The molecule has 0 aliphatic carbocycles. The maximum absolute atomic E-state index is 11.0. The maximum atomic E-state index is 11.0. The van der Waals surface area contributed by atoms with E-state index in [0.717, 1.165) is 5.56 Å². The molecule has 8 nitrogen and oxygen atoms in total. The lowest BCUT2D eigenvalue weighted by molar-refractivity contribution is -0.384. The lowest BCUT2D eigenvalue weighted by atomic mass is 10.3. The Hall–Kier alpha value is -2.77. The fourth-order valence-electron chi connectivity index (χ4n) is 1.57. The Morgan fingerprint density at radius 3 is 2.70 bits per heavy atom. The van der Waals surface area contributed by atoms with Gasteiger partial charge in [0.05, 0.1) is 4.92 Å². The molecule has 2 aromatic heterocycles. The normalized spacial score (nSPS) is 10.1. The van der Waals surface area contributed by atoms with Gasteiger partial charge in [-0.05, 0) is 24.6 Å². The van der Waals surface area contributed by atoms with Crippen LogP contribution in [0, 0.1) is 10.1 Å². The summed E-state index contributed by atoms with van der Waals surface area (Å²) in [5, 5.41) is 16.8. The van der Waals surface area contributed by atoms with Crippen LogP contribution in [0.1, 0.15) is 12.5 Å². The van der Waals surface area contributed by atoms with E-state index < -0.39 is 4.92 Å². The van der Waals surface area contributed by atoms with Crippen molar-refractivity contribution in [3.63, 3.8) is 0 Å². The van der Waals surface area contributed by atoms with Gasteiger partial charge >= 0.3 is 5.69 Å². The highest BCUT2D eigenvalue weighted by Gasteiger charge is 2.16. The quantitative estimate of drug-likeness (QED) is 0.611. The van der Waals surface area contributed by atoms with Crippen LogP contribution >= 0.6 is 0 Å². The standard InChI is InChI=1S/C12H14N6O2/c1-2-14-12-16-8-10(18(19)20)11(17-12)15-7-9-3-5-13-6-4-9/h3-6,8H,2,7H2,1H3,(H2,14,15,16,17). The molecule has 0 saturated carbocycles. The number of nitro groups is 1. The molecule has 2 N–H and O–H groups in total. The highest BCUT2D eigenvalue weighted by Crippen LogP contribution is 2.22. The minimum Gasteiger partial charge on any atom is -0.360 e. The van der Waals surface area contributed by atoms with E-state index in [2.05, 4.69) is 25.6 Å². The summed E-state index contributed by atoms with van der Waals surface area (Å²) in [7, 11) is 0. The lowest BCUT2D eigenvalue weighted by Crippen LogP contribution is -2.09. The Kier molecular flexibility index (Phi) is 4.38. The highest BCUT2D eigenvalue weighted by atomic mass is 16.6. The van der Waals surface area contributed by atoms with Gasteiger partial charge in [-0.3, -0.25) is 15.1 Å². The van der Waals surface area contributed by atoms with Gasteiger partial charge in [0, 0.05) is 25.5 Å². The van der Waals surface area contributed by atoms with Gasteiger partial charge in [-0.15, -0.1) is 0 Å². The Balaban J connectivity index is 2.19. The van der Waals surface area contributed by atoms with Crippen LogP contribution in [0.25, 0.3) is 0 Å². The molecule has 0 aromatic carbocycles. The molecular weight excluding hydrogens is 260 g/mol.